The Balaban J connectivity index is 2.20. The second kappa shape index (κ2) is 7.23. The summed E-state index contributed by atoms with van der Waals surface area (Å²) < 4.78 is 19.8. The third-order valence-electron chi connectivity index (χ3n) is 3.30. The quantitative estimate of drug-likeness (QED) is 0.833. The van der Waals surface area contributed by atoms with Crippen LogP contribution in [0.1, 0.15) is 31.9 Å². The molecule has 0 atom stereocenters. The summed E-state index contributed by atoms with van der Waals surface area (Å²) in [5.41, 5.74) is 2.06. The number of hydrogen-bond acceptors (Lipinski definition) is 2. The zero-order valence-electron chi connectivity index (χ0n) is 12.8. The molecule has 1 N–H and O–H groups in total. The topological polar surface area (TPSA) is 21.3 Å². The van der Waals surface area contributed by atoms with Crippen LogP contribution in [0.4, 0.5) is 4.39 Å². The van der Waals surface area contributed by atoms with Gasteiger partial charge in [0.2, 0.25) is 0 Å². The monoisotopic (exact) mass is 287 g/mol. The summed E-state index contributed by atoms with van der Waals surface area (Å²) in [5, 5.41) is 3.29. The van der Waals surface area contributed by atoms with Crippen LogP contribution in [-0.4, -0.2) is 6.04 Å². The number of para-hydroxylation sites is 1. The summed E-state index contributed by atoms with van der Waals surface area (Å²) in [4.78, 5) is 0. The molecule has 2 aromatic carbocycles. The fourth-order valence-corrected chi connectivity index (χ4v) is 2.03. The van der Waals surface area contributed by atoms with E-state index in [1.165, 1.54) is 11.6 Å². The van der Waals surface area contributed by atoms with Crippen molar-refractivity contribution in [1.82, 2.24) is 5.32 Å². The van der Waals surface area contributed by atoms with Crippen molar-refractivity contribution in [2.24, 2.45) is 0 Å². The number of aryl methyl sites for hydroxylation is 1. The fourth-order valence-electron chi connectivity index (χ4n) is 2.03. The Kier molecular flexibility index (Phi) is 5.34. The van der Waals surface area contributed by atoms with Crippen LogP contribution in [0, 0.1) is 5.82 Å². The van der Waals surface area contributed by atoms with E-state index >= 15 is 0 Å². The molecule has 0 radical (unpaired) electrons. The van der Waals surface area contributed by atoms with E-state index in [4.69, 9.17) is 4.74 Å². The lowest BCUT2D eigenvalue weighted by Gasteiger charge is -2.14. The van der Waals surface area contributed by atoms with E-state index in [0.717, 1.165) is 12.0 Å². The molecule has 2 rings (SSSR count). The zero-order chi connectivity index (χ0) is 15.2. The van der Waals surface area contributed by atoms with Gasteiger partial charge in [0.25, 0.3) is 0 Å². The number of ether oxygens (including phenoxy) is 1. The van der Waals surface area contributed by atoms with Gasteiger partial charge in [0.05, 0.1) is 0 Å². The van der Waals surface area contributed by atoms with Crippen LogP contribution in [-0.2, 0) is 13.0 Å². The van der Waals surface area contributed by atoms with Crippen molar-refractivity contribution in [3.63, 3.8) is 0 Å². The molecule has 0 heterocycles. The smallest absolute Gasteiger partial charge is 0.167 e. The molecule has 0 saturated carbocycles. The van der Waals surface area contributed by atoms with E-state index in [2.05, 4.69) is 26.1 Å². The van der Waals surface area contributed by atoms with E-state index in [1.807, 2.05) is 30.3 Å². The van der Waals surface area contributed by atoms with Crippen LogP contribution < -0.4 is 10.1 Å². The maximum absolute atomic E-state index is 14.1. The molecule has 3 heteroatoms. The Morgan fingerprint density at radius 2 is 1.81 bits per heavy atom. The van der Waals surface area contributed by atoms with Gasteiger partial charge >= 0.3 is 0 Å². The predicted octanol–water partition coefficient (Wildman–Crippen LogP) is 4.68. The first kappa shape index (κ1) is 15.5. The molecule has 0 aliphatic heterocycles. The molecule has 112 valence electrons. The van der Waals surface area contributed by atoms with Crippen molar-refractivity contribution in [3.8, 4) is 11.5 Å². The highest BCUT2D eigenvalue weighted by molar-refractivity contribution is 5.39. The van der Waals surface area contributed by atoms with E-state index in [0.29, 0.717) is 24.1 Å². The first-order valence-corrected chi connectivity index (χ1v) is 7.37. The van der Waals surface area contributed by atoms with Crippen molar-refractivity contribution >= 4 is 0 Å². The first-order valence-electron chi connectivity index (χ1n) is 7.37. The molecule has 2 nitrogen and oxygen atoms in total. The molecule has 0 unspecified atom stereocenters. The van der Waals surface area contributed by atoms with Crippen LogP contribution in [0.3, 0.4) is 0 Å². The lowest BCUT2D eigenvalue weighted by atomic mass is 10.1. The molecule has 0 aliphatic carbocycles. The number of halogens is 1. The Morgan fingerprint density at radius 3 is 2.43 bits per heavy atom. The van der Waals surface area contributed by atoms with Crippen molar-refractivity contribution in [2.75, 3.05) is 0 Å². The minimum atomic E-state index is -0.336. The molecule has 21 heavy (non-hydrogen) atoms. The van der Waals surface area contributed by atoms with Gasteiger partial charge in [0.1, 0.15) is 5.75 Å². The molecular formula is C18H22FNO. The summed E-state index contributed by atoms with van der Waals surface area (Å²) in [6.07, 6.45) is 0.976. The van der Waals surface area contributed by atoms with Crippen molar-refractivity contribution < 1.29 is 9.13 Å². The Labute approximate surface area is 126 Å². The van der Waals surface area contributed by atoms with Crippen molar-refractivity contribution in [2.45, 2.75) is 39.8 Å². The molecule has 0 amide bonds. The van der Waals surface area contributed by atoms with Gasteiger partial charge in [-0.2, -0.15) is 0 Å². The fraction of sp³-hybridized carbons (Fsp3) is 0.333. The van der Waals surface area contributed by atoms with E-state index in [1.54, 1.807) is 6.07 Å². The number of nitrogens with one attached hydrogen (secondary N) is 1. The number of benzene rings is 2. The maximum Gasteiger partial charge on any atom is 0.167 e. The molecule has 0 spiro atoms. The van der Waals surface area contributed by atoms with Gasteiger partial charge in [-0.3, -0.25) is 0 Å². The average molecular weight is 287 g/mol. The second-order valence-corrected chi connectivity index (χ2v) is 5.36. The van der Waals surface area contributed by atoms with Gasteiger partial charge in [-0.25, -0.2) is 4.39 Å². The van der Waals surface area contributed by atoms with Gasteiger partial charge in [-0.05, 0) is 30.2 Å². The zero-order valence-corrected chi connectivity index (χ0v) is 12.8. The number of rotatable bonds is 6. The van der Waals surface area contributed by atoms with Crippen molar-refractivity contribution in [1.29, 1.82) is 0 Å². The first-order chi connectivity index (χ1) is 10.1. The highest BCUT2D eigenvalue weighted by Crippen LogP contribution is 2.28. The van der Waals surface area contributed by atoms with Gasteiger partial charge in [0.15, 0.2) is 11.6 Å². The summed E-state index contributed by atoms with van der Waals surface area (Å²) in [6, 6.07) is 13.1. The Bertz CT molecular complexity index is 578. The van der Waals surface area contributed by atoms with Gasteiger partial charge in [-0.1, -0.05) is 45.0 Å². The SMILES string of the molecule is CCc1ccc(Oc2c(F)cccc2CNC(C)C)cc1. The van der Waals surface area contributed by atoms with Gasteiger partial charge in [0, 0.05) is 18.2 Å². The predicted molar refractivity (Wildman–Crippen MR) is 84.3 cm³/mol. The normalized spacial score (nSPS) is 10.9. The highest BCUT2D eigenvalue weighted by Gasteiger charge is 2.11. The number of hydrogen-bond donors (Lipinski definition) is 1. The standard InChI is InChI=1S/C18H22FNO/c1-4-14-8-10-16(11-9-14)21-18-15(12-20-13(2)3)6-5-7-17(18)19/h5-11,13,20H,4,12H2,1-3H3. The molecule has 0 bridgehead atoms. The van der Waals surface area contributed by atoms with E-state index < -0.39 is 0 Å². The minimum absolute atomic E-state index is 0.301. The summed E-state index contributed by atoms with van der Waals surface area (Å²) >= 11 is 0. The van der Waals surface area contributed by atoms with Crippen LogP contribution >= 0.6 is 0 Å². The van der Waals surface area contributed by atoms with E-state index in [-0.39, 0.29) is 5.82 Å². The molecule has 0 saturated heterocycles. The van der Waals surface area contributed by atoms with Crippen LogP contribution in [0.25, 0.3) is 0 Å². The summed E-state index contributed by atoms with van der Waals surface area (Å²) in [7, 11) is 0. The summed E-state index contributed by atoms with van der Waals surface area (Å²) in [6.45, 7) is 6.80. The highest BCUT2D eigenvalue weighted by atomic mass is 19.1. The third kappa shape index (κ3) is 4.30. The minimum Gasteiger partial charge on any atom is -0.454 e. The lowest BCUT2D eigenvalue weighted by molar-refractivity contribution is 0.431. The van der Waals surface area contributed by atoms with Crippen LogP contribution in [0.5, 0.6) is 11.5 Å². The van der Waals surface area contributed by atoms with Gasteiger partial charge in [-0.15, -0.1) is 0 Å². The summed E-state index contributed by atoms with van der Waals surface area (Å²) in [5.74, 6) is 0.621. The largest absolute Gasteiger partial charge is 0.454 e. The molecule has 0 fully saturated rings. The Morgan fingerprint density at radius 1 is 1.10 bits per heavy atom. The molecule has 2 aromatic rings. The molecule has 0 aromatic heterocycles. The average Bonchev–Trinajstić information content (AvgIpc) is 2.48. The molecular weight excluding hydrogens is 265 g/mol. The second-order valence-electron chi connectivity index (χ2n) is 5.36. The van der Waals surface area contributed by atoms with Crippen LogP contribution in [0.2, 0.25) is 0 Å². The van der Waals surface area contributed by atoms with E-state index in [9.17, 15) is 4.39 Å². The maximum atomic E-state index is 14.1. The van der Waals surface area contributed by atoms with Crippen LogP contribution in [0.15, 0.2) is 42.5 Å². The van der Waals surface area contributed by atoms with Crippen molar-refractivity contribution in [3.05, 3.63) is 59.4 Å². The van der Waals surface area contributed by atoms with Gasteiger partial charge < -0.3 is 10.1 Å². The third-order valence-corrected chi connectivity index (χ3v) is 3.30. The Hall–Kier alpha value is -1.87. The molecule has 0 aliphatic rings. The lowest BCUT2D eigenvalue weighted by Crippen LogP contribution is -2.22.